The molecule has 2 aromatic heterocycles. The van der Waals surface area contributed by atoms with Crippen LogP contribution >= 0.6 is 15.9 Å². The molecule has 1 aliphatic heterocycles. The predicted molar refractivity (Wildman–Crippen MR) is 98.5 cm³/mol. The molecule has 0 amide bonds. The van der Waals surface area contributed by atoms with Gasteiger partial charge < -0.3 is 9.64 Å². The van der Waals surface area contributed by atoms with Crippen LogP contribution in [0.4, 0.5) is 5.69 Å². The molecule has 24 heavy (non-hydrogen) atoms. The van der Waals surface area contributed by atoms with E-state index < -0.39 is 0 Å². The van der Waals surface area contributed by atoms with Gasteiger partial charge in [-0.25, -0.2) is 4.98 Å². The van der Waals surface area contributed by atoms with Crippen molar-refractivity contribution in [2.45, 2.75) is 18.9 Å². The van der Waals surface area contributed by atoms with Crippen LogP contribution in [0.25, 0.3) is 11.0 Å². The van der Waals surface area contributed by atoms with Crippen LogP contribution in [0.5, 0.6) is 5.75 Å². The van der Waals surface area contributed by atoms with Gasteiger partial charge in [0.2, 0.25) is 0 Å². The van der Waals surface area contributed by atoms with Crippen molar-refractivity contribution in [2.24, 2.45) is 7.05 Å². The lowest BCUT2D eigenvalue weighted by Gasteiger charge is -2.27. The Hall–Kier alpha value is -2.08. The molecule has 0 spiro atoms. The Morgan fingerprint density at radius 3 is 2.92 bits per heavy atom. The van der Waals surface area contributed by atoms with E-state index in [4.69, 9.17) is 4.74 Å². The Morgan fingerprint density at radius 2 is 2.08 bits per heavy atom. The Kier molecular flexibility index (Phi) is 4.14. The lowest BCUT2D eigenvalue weighted by Crippen LogP contribution is -2.34. The summed E-state index contributed by atoms with van der Waals surface area (Å²) in [6.45, 7) is 1.73. The fourth-order valence-corrected chi connectivity index (χ4v) is 3.60. The fraction of sp³-hybridized carbons (Fsp3) is 0.333. The first-order valence-corrected chi connectivity index (χ1v) is 8.93. The maximum atomic E-state index is 6.01. The summed E-state index contributed by atoms with van der Waals surface area (Å²) in [4.78, 5) is 6.87. The Morgan fingerprint density at radius 1 is 1.25 bits per heavy atom. The topological polar surface area (TPSA) is 43.2 Å². The second-order valence-corrected chi connectivity index (χ2v) is 7.01. The monoisotopic (exact) mass is 386 g/mol. The van der Waals surface area contributed by atoms with Gasteiger partial charge in [-0.05, 0) is 43.2 Å². The van der Waals surface area contributed by atoms with E-state index in [1.54, 1.807) is 0 Å². The summed E-state index contributed by atoms with van der Waals surface area (Å²) in [6, 6.07) is 10.5. The number of benzene rings is 1. The van der Waals surface area contributed by atoms with Crippen molar-refractivity contribution in [1.29, 1.82) is 0 Å². The highest BCUT2D eigenvalue weighted by Crippen LogP contribution is 2.31. The zero-order valence-electron chi connectivity index (χ0n) is 13.5. The van der Waals surface area contributed by atoms with Crippen molar-refractivity contribution in [3.8, 4) is 5.75 Å². The van der Waals surface area contributed by atoms with Crippen molar-refractivity contribution < 1.29 is 4.74 Å². The largest absolute Gasteiger partial charge is 0.491 e. The van der Waals surface area contributed by atoms with Gasteiger partial charge in [0.1, 0.15) is 12.4 Å². The highest BCUT2D eigenvalue weighted by molar-refractivity contribution is 9.10. The van der Waals surface area contributed by atoms with Crippen molar-refractivity contribution in [1.82, 2.24) is 14.8 Å². The predicted octanol–water partition coefficient (Wildman–Crippen LogP) is 3.78. The molecule has 6 heteroatoms. The lowest BCUT2D eigenvalue weighted by atomic mass is 10.2. The highest BCUT2D eigenvalue weighted by Gasteiger charge is 2.27. The summed E-state index contributed by atoms with van der Waals surface area (Å²) in [7, 11) is 1.93. The molecule has 0 aliphatic carbocycles. The van der Waals surface area contributed by atoms with Crippen LogP contribution in [0.3, 0.4) is 0 Å². The van der Waals surface area contributed by atoms with E-state index in [1.165, 1.54) is 12.1 Å². The van der Waals surface area contributed by atoms with Crippen molar-refractivity contribution >= 4 is 32.7 Å². The molecule has 3 aromatic rings. The maximum Gasteiger partial charge on any atom is 0.159 e. The van der Waals surface area contributed by atoms with Crippen LogP contribution in [-0.2, 0) is 7.05 Å². The van der Waals surface area contributed by atoms with E-state index in [9.17, 15) is 0 Å². The maximum absolute atomic E-state index is 6.01. The highest BCUT2D eigenvalue weighted by atomic mass is 79.9. The minimum absolute atomic E-state index is 0.374. The zero-order chi connectivity index (χ0) is 16.5. The van der Waals surface area contributed by atoms with E-state index in [2.05, 4.69) is 37.0 Å². The lowest BCUT2D eigenvalue weighted by molar-refractivity contribution is 0.288. The van der Waals surface area contributed by atoms with Crippen LogP contribution in [0.2, 0.25) is 0 Å². The number of aromatic nitrogens is 3. The second-order valence-electron chi connectivity index (χ2n) is 6.09. The molecule has 0 N–H and O–H groups in total. The average molecular weight is 387 g/mol. The van der Waals surface area contributed by atoms with Crippen molar-refractivity contribution in [2.75, 3.05) is 18.1 Å². The number of hydrogen-bond acceptors (Lipinski definition) is 4. The first-order chi connectivity index (χ1) is 11.7. The van der Waals surface area contributed by atoms with Crippen LogP contribution in [-0.4, -0.2) is 34.0 Å². The van der Waals surface area contributed by atoms with Crippen LogP contribution < -0.4 is 9.64 Å². The van der Waals surface area contributed by atoms with Gasteiger partial charge >= 0.3 is 0 Å². The van der Waals surface area contributed by atoms with Crippen molar-refractivity contribution in [3.05, 3.63) is 47.2 Å². The number of nitrogens with zero attached hydrogens (tertiary/aromatic N) is 4. The molecule has 1 saturated heterocycles. The summed E-state index contributed by atoms with van der Waals surface area (Å²) in [5.74, 6) is 0.909. The molecule has 1 atom stereocenters. The molecule has 0 radical (unpaired) electrons. The molecule has 4 rings (SSSR count). The van der Waals surface area contributed by atoms with E-state index >= 15 is 0 Å². The summed E-state index contributed by atoms with van der Waals surface area (Å²) in [5, 5.41) is 5.45. The minimum Gasteiger partial charge on any atom is -0.491 e. The molecule has 1 aliphatic rings. The summed E-state index contributed by atoms with van der Waals surface area (Å²) in [5.41, 5.74) is 2.13. The minimum atomic E-state index is 0.374. The first-order valence-electron chi connectivity index (χ1n) is 8.14. The standard InChI is InChI=1S/C18H19BrN4O/c1-22-18-16(11-21-22)17(8-9-20-18)23-10-2-3-14(23)12-24-15-6-4-13(19)5-7-15/h4-9,11,14H,2-3,10,12H2,1H3/t14-/m0/s1. The molecule has 0 bridgehead atoms. The summed E-state index contributed by atoms with van der Waals surface area (Å²) in [6.07, 6.45) is 6.09. The molecular weight excluding hydrogens is 368 g/mol. The van der Waals surface area contributed by atoms with Crippen LogP contribution in [0.15, 0.2) is 47.2 Å². The van der Waals surface area contributed by atoms with Gasteiger partial charge in [-0.15, -0.1) is 0 Å². The normalized spacial score (nSPS) is 17.6. The summed E-state index contributed by atoms with van der Waals surface area (Å²) < 4.78 is 8.90. The fourth-order valence-electron chi connectivity index (χ4n) is 3.33. The first kappa shape index (κ1) is 15.4. The molecule has 124 valence electrons. The quantitative estimate of drug-likeness (QED) is 0.684. The molecule has 0 unspecified atom stereocenters. The molecule has 0 saturated carbocycles. The Labute approximate surface area is 149 Å². The van der Waals surface area contributed by atoms with Gasteiger partial charge in [-0.1, -0.05) is 15.9 Å². The van der Waals surface area contributed by atoms with Crippen LogP contribution in [0.1, 0.15) is 12.8 Å². The molecular formula is C18H19BrN4O. The average Bonchev–Trinajstić information content (AvgIpc) is 3.21. The van der Waals surface area contributed by atoms with Gasteiger partial charge in [0.05, 0.1) is 23.3 Å². The number of rotatable bonds is 4. The number of hydrogen-bond donors (Lipinski definition) is 0. The van der Waals surface area contributed by atoms with E-state index in [-0.39, 0.29) is 0 Å². The number of halogens is 1. The van der Waals surface area contributed by atoms with E-state index in [1.807, 2.05) is 48.4 Å². The Bertz CT molecular complexity index is 846. The van der Waals surface area contributed by atoms with Crippen molar-refractivity contribution in [3.63, 3.8) is 0 Å². The zero-order valence-corrected chi connectivity index (χ0v) is 15.1. The number of aryl methyl sites for hydroxylation is 1. The number of pyridine rings is 1. The van der Waals surface area contributed by atoms with Gasteiger partial charge in [0.25, 0.3) is 0 Å². The van der Waals surface area contributed by atoms with Crippen LogP contribution in [0, 0.1) is 0 Å². The molecule has 1 aromatic carbocycles. The molecule has 1 fully saturated rings. The van der Waals surface area contributed by atoms with E-state index in [0.717, 1.165) is 34.2 Å². The van der Waals surface area contributed by atoms with Gasteiger partial charge in [-0.2, -0.15) is 5.10 Å². The third kappa shape index (κ3) is 2.86. The number of fused-ring (bicyclic) bond motifs is 1. The molecule has 5 nitrogen and oxygen atoms in total. The smallest absolute Gasteiger partial charge is 0.159 e. The summed E-state index contributed by atoms with van der Waals surface area (Å²) >= 11 is 3.45. The Balaban J connectivity index is 1.54. The van der Waals surface area contributed by atoms with Gasteiger partial charge in [0.15, 0.2) is 5.65 Å². The SMILES string of the molecule is Cn1ncc2c(N3CCC[C@H]3COc3ccc(Br)cc3)ccnc21. The number of ether oxygens (including phenoxy) is 1. The van der Waals surface area contributed by atoms with E-state index in [0.29, 0.717) is 12.6 Å². The second kappa shape index (κ2) is 6.43. The third-order valence-electron chi connectivity index (χ3n) is 4.56. The number of anilines is 1. The third-order valence-corrected chi connectivity index (χ3v) is 5.08. The van der Waals surface area contributed by atoms with Gasteiger partial charge in [0, 0.05) is 24.3 Å². The van der Waals surface area contributed by atoms with Gasteiger partial charge in [-0.3, -0.25) is 4.68 Å². The molecule has 3 heterocycles.